The minimum atomic E-state index is -0.240. The van der Waals surface area contributed by atoms with Gasteiger partial charge in [-0.25, -0.2) is 8.78 Å². The van der Waals surface area contributed by atoms with Gasteiger partial charge in [0.25, 0.3) is 0 Å². The van der Waals surface area contributed by atoms with Crippen LogP contribution < -0.4 is 4.90 Å². The lowest BCUT2D eigenvalue weighted by atomic mass is 10.0. The molecule has 4 aromatic rings. The van der Waals surface area contributed by atoms with Crippen molar-refractivity contribution < 1.29 is 13.2 Å². The zero-order valence-electron chi connectivity index (χ0n) is 17.3. The number of anilines is 1. The van der Waals surface area contributed by atoms with E-state index in [1.165, 1.54) is 17.7 Å². The molecule has 1 fully saturated rings. The van der Waals surface area contributed by atoms with Crippen LogP contribution in [0.25, 0.3) is 22.0 Å². The van der Waals surface area contributed by atoms with E-state index in [-0.39, 0.29) is 11.6 Å². The fraction of sp³-hybridized carbons (Fsp3) is 0.280. The summed E-state index contributed by atoms with van der Waals surface area (Å²) in [6, 6.07) is 11.7. The molecule has 1 saturated heterocycles. The van der Waals surface area contributed by atoms with Gasteiger partial charge in [0.15, 0.2) is 0 Å². The minimum absolute atomic E-state index is 0.194. The number of nitrogens with zero attached hydrogens (tertiary/aromatic N) is 2. The molecule has 0 radical (unpaired) electrons. The molecule has 2 aromatic carbocycles. The van der Waals surface area contributed by atoms with Gasteiger partial charge in [-0.1, -0.05) is 0 Å². The van der Waals surface area contributed by atoms with Gasteiger partial charge < -0.3 is 14.3 Å². The molecule has 4 nitrogen and oxygen atoms in total. The first-order chi connectivity index (χ1) is 15.2. The van der Waals surface area contributed by atoms with Crippen molar-refractivity contribution in [3.8, 4) is 11.1 Å². The van der Waals surface area contributed by atoms with Gasteiger partial charge in [-0.2, -0.15) is 0 Å². The molecule has 1 aliphatic rings. The lowest BCUT2D eigenvalue weighted by Gasteiger charge is -2.37. The van der Waals surface area contributed by atoms with Crippen molar-refractivity contribution in [2.24, 2.45) is 0 Å². The van der Waals surface area contributed by atoms with Crippen LogP contribution in [0.1, 0.15) is 12.0 Å². The number of halogens is 2. The van der Waals surface area contributed by atoms with Gasteiger partial charge in [0.1, 0.15) is 11.6 Å². The molecular formula is C25H25F2N3O. The van der Waals surface area contributed by atoms with Gasteiger partial charge in [0, 0.05) is 60.1 Å². The molecule has 1 aliphatic heterocycles. The number of piperazine rings is 1. The van der Waals surface area contributed by atoms with Gasteiger partial charge in [-0.3, -0.25) is 4.90 Å². The highest BCUT2D eigenvalue weighted by atomic mass is 19.1. The van der Waals surface area contributed by atoms with Crippen LogP contribution in [0, 0.1) is 11.6 Å². The Morgan fingerprint density at radius 3 is 2.55 bits per heavy atom. The number of fused-ring (bicyclic) bond motifs is 1. The Bertz CT molecular complexity index is 1160. The van der Waals surface area contributed by atoms with E-state index in [0.717, 1.165) is 73.3 Å². The standard InChI is InChI=1S/C25H25F2N3O/c26-20-3-5-24-22(14-20)18(16-28-24)2-1-8-29-9-11-30(12-10-29)25-6-4-21(27)15-23(25)19-7-13-31-17-19/h3-7,13-17,28H,1-2,8-12H2. The number of hydrogen-bond acceptors (Lipinski definition) is 3. The van der Waals surface area contributed by atoms with Crippen LogP contribution in [-0.2, 0) is 6.42 Å². The first kappa shape index (κ1) is 19.8. The van der Waals surface area contributed by atoms with Crippen molar-refractivity contribution in [1.29, 1.82) is 0 Å². The molecule has 6 heteroatoms. The van der Waals surface area contributed by atoms with Crippen LogP contribution >= 0.6 is 0 Å². The van der Waals surface area contributed by atoms with Gasteiger partial charge in [0.05, 0.1) is 12.5 Å². The van der Waals surface area contributed by atoms with Crippen LogP contribution in [0.4, 0.5) is 14.5 Å². The summed E-state index contributed by atoms with van der Waals surface area (Å²) in [4.78, 5) is 8.01. The van der Waals surface area contributed by atoms with Crippen LogP contribution in [-0.4, -0.2) is 42.6 Å². The lowest BCUT2D eigenvalue weighted by Crippen LogP contribution is -2.46. The molecule has 0 unspecified atom stereocenters. The molecule has 0 bridgehead atoms. The van der Waals surface area contributed by atoms with E-state index in [1.807, 2.05) is 18.3 Å². The SMILES string of the molecule is Fc1ccc(N2CCN(CCCc3c[nH]c4ccc(F)cc34)CC2)c(-c2ccoc2)c1. The Labute approximate surface area is 180 Å². The molecule has 0 saturated carbocycles. The second-order valence-electron chi connectivity index (χ2n) is 8.11. The third kappa shape index (κ3) is 4.21. The van der Waals surface area contributed by atoms with Crippen molar-refractivity contribution in [2.45, 2.75) is 12.8 Å². The predicted octanol–water partition coefficient (Wildman–Crippen LogP) is 5.46. The summed E-state index contributed by atoms with van der Waals surface area (Å²) < 4.78 is 32.6. The van der Waals surface area contributed by atoms with Crippen molar-refractivity contribution in [3.05, 3.63) is 78.4 Å². The summed E-state index contributed by atoms with van der Waals surface area (Å²) in [7, 11) is 0. The molecule has 5 rings (SSSR count). The van der Waals surface area contributed by atoms with Gasteiger partial charge in [-0.05, 0) is 67.4 Å². The fourth-order valence-electron chi connectivity index (χ4n) is 4.50. The number of rotatable bonds is 6. The van der Waals surface area contributed by atoms with Crippen LogP contribution in [0.3, 0.4) is 0 Å². The number of hydrogen-bond donors (Lipinski definition) is 1. The first-order valence-corrected chi connectivity index (χ1v) is 10.7. The van der Waals surface area contributed by atoms with Crippen molar-refractivity contribution in [3.63, 3.8) is 0 Å². The number of nitrogens with one attached hydrogen (secondary N) is 1. The van der Waals surface area contributed by atoms with Gasteiger partial charge in [0.2, 0.25) is 0 Å². The highest BCUT2D eigenvalue weighted by Gasteiger charge is 2.20. The monoisotopic (exact) mass is 421 g/mol. The van der Waals surface area contributed by atoms with Crippen LogP contribution in [0.15, 0.2) is 65.6 Å². The zero-order chi connectivity index (χ0) is 21.2. The molecule has 160 valence electrons. The molecular weight excluding hydrogens is 396 g/mol. The number of aryl methyl sites for hydroxylation is 1. The highest BCUT2D eigenvalue weighted by Crippen LogP contribution is 2.32. The third-order valence-electron chi connectivity index (χ3n) is 6.15. The van der Waals surface area contributed by atoms with E-state index in [9.17, 15) is 8.78 Å². The van der Waals surface area contributed by atoms with Crippen molar-refractivity contribution >= 4 is 16.6 Å². The quantitative estimate of drug-likeness (QED) is 0.449. The van der Waals surface area contributed by atoms with Gasteiger partial charge in [-0.15, -0.1) is 0 Å². The summed E-state index contributed by atoms with van der Waals surface area (Å²) in [5.74, 6) is -0.434. The number of aromatic amines is 1. The van der Waals surface area contributed by atoms with E-state index < -0.39 is 0 Å². The first-order valence-electron chi connectivity index (χ1n) is 10.7. The second-order valence-corrected chi connectivity index (χ2v) is 8.11. The maximum Gasteiger partial charge on any atom is 0.123 e. The fourth-order valence-corrected chi connectivity index (χ4v) is 4.50. The number of aromatic nitrogens is 1. The van der Waals surface area contributed by atoms with E-state index >= 15 is 0 Å². The Balaban J connectivity index is 1.18. The Hall–Kier alpha value is -3.12. The predicted molar refractivity (Wildman–Crippen MR) is 119 cm³/mol. The Morgan fingerprint density at radius 2 is 1.74 bits per heavy atom. The number of benzene rings is 2. The summed E-state index contributed by atoms with van der Waals surface area (Å²) >= 11 is 0. The van der Waals surface area contributed by atoms with E-state index in [2.05, 4.69) is 14.8 Å². The molecule has 0 aliphatic carbocycles. The van der Waals surface area contributed by atoms with E-state index in [0.29, 0.717) is 0 Å². The van der Waals surface area contributed by atoms with Crippen molar-refractivity contribution in [2.75, 3.05) is 37.6 Å². The molecule has 1 N–H and O–H groups in total. The average Bonchev–Trinajstić information content (AvgIpc) is 3.45. The molecule has 0 spiro atoms. The maximum absolute atomic E-state index is 13.9. The Morgan fingerprint density at radius 1 is 0.935 bits per heavy atom. The molecule has 0 atom stereocenters. The van der Waals surface area contributed by atoms with Crippen LogP contribution in [0.5, 0.6) is 0 Å². The minimum Gasteiger partial charge on any atom is -0.472 e. The number of furan rings is 1. The number of H-pyrrole nitrogens is 1. The summed E-state index contributed by atoms with van der Waals surface area (Å²) in [5, 5.41) is 0.980. The zero-order valence-corrected chi connectivity index (χ0v) is 17.3. The topological polar surface area (TPSA) is 35.4 Å². The Kier molecular flexibility index (Phi) is 5.47. The third-order valence-corrected chi connectivity index (χ3v) is 6.15. The molecule has 0 amide bonds. The normalized spacial score (nSPS) is 15.1. The summed E-state index contributed by atoms with van der Waals surface area (Å²) in [6.07, 6.45) is 7.22. The average molecular weight is 421 g/mol. The van der Waals surface area contributed by atoms with E-state index in [1.54, 1.807) is 30.7 Å². The van der Waals surface area contributed by atoms with Crippen molar-refractivity contribution in [1.82, 2.24) is 9.88 Å². The smallest absolute Gasteiger partial charge is 0.123 e. The molecule has 31 heavy (non-hydrogen) atoms. The van der Waals surface area contributed by atoms with E-state index in [4.69, 9.17) is 4.42 Å². The summed E-state index contributed by atoms with van der Waals surface area (Å²) in [5.41, 5.74) is 4.96. The van der Waals surface area contributed by atoms with Gasteiger partial charge >= 0.3 is 0 Å². The highest BCUT2D eigenvalue weighted by molar-refractivity contribution is 5.83. The van der Waals surface area contributed by atoms with Crippen LogP contribution in [0.2, 0.25) is 0 Å². The largest absolute Gasteiger partial charge is 0.472 e. The lowest BCUT2D eigenvalue weighted by molar-refractivity contribution is 0.255. The second kappa shape index (κ2) is 8.55. The maximum atomic E-state index is 13.9. The summed E-state index contributed by atoms with van der Waals surface area (Å²) in [6.45, 7) is 4.73. The molecule has 3 heterocycles. The molecule has 2 aromatic heterocycles.